The highest BCUT2D eigenvalue weighted by molar-refractivity contribution is 5.85. The van der Waals surface area contributed by atoms with Crippen molar-refractivity contribution in [2.75, 3.05) is 6.54 Å². The normalized spacial score (nSPS) is 16.1. The largest absolute Gasteiger partial charge is 0.354 e. The Kier molecular flexibility index (Phi) is 6.20. The molecule has 2 aromatic carbocycles. The van der Waals surface area contributed by atoms with E-state index >= 15 is 0 Å². The molecule has 3 rings (SSSR count). The lowest BCUT2D eigenvalue weighted by Crippen LogP contribution is -2.48. The van der Waals surface area contributed by atoms with Gasteiger partial charge in [0.2, 0.25) is 5.91 Å². The van der Waals surface area contributed by atoms with E-state index in [4.69, 9.17) is 0 Å². The van der Waals surface area contributed by atoms with E-state index in [1.807, 2.05) is 12.1 Å². The van der Waals surface area contributed by atoms with Gasteiger partial charge in [0.15, 0.2) is 0 Å². The summed E-state index contributed by atoms with van der Waals surface area (Å²) in [7, 11) is 0. The van der Waals surface area contributed by atoms with Gasteiger partial charge in [-0.2, -0.15) is 0 Å². The Bertz CT molecular complexity index is 672. The molecule has 3 nitrogen and oxygen atoms in total. The van der Waals surface area contributed by atoms with Crippen LogP contribution >= 0.6 is 12.4 Å². The van der Waals surface area contributed by atoms with Crippen LogP contribution < -0.4 is 10.6 Å². The van der Waals surface area contributed by atoms with Crippen LogP contribution in [-0.4, -0.2) is 18.5 Å². The summed E-state index contributed by atoms with van der Waals surface area (Å²) in [6.45, 7) is 3.54. The van der Waals surface area contributed by atoms with Gasteiger partial charge in [0.25, 0.3) is 0 Å². The Hall–Kier alpha value is -1.84. The Morgan fingerprint density at radius 2 is 1.96 bits per heavy atom. The lowest BCUT2D eigenvalue weighted by molar-refractivity contribution is -0.123. The number of amides is 1. The van der Waals surface area contributed by atoms with Gasteiger partial charge in [-0.3, -0.25) is 4.79 Å². The molecule has 0 radical (unpaired) electrons. The van der Waals surface area contributed by atoms with E-state index in [2.05, 4.69) is 54.0 Å². The fourth-order valence-corrected chi connectivity index (χ4v) is 2.96. The second-order valence-electron chi connectivity index (χ2n) is 5.94. The van der Waals surface area contributed by atoms with E-state index < -0.39 is 0 Å². The first kappa shape index (κ1) is 17.5. The molecule has 1 atom stereocenters. The van der Waals surface area contributed by atoms with Crippen LogP contribution in [0.4, 0.5) is 0 Å². The van der Waals surface area contributed by atoms with Crippen molar-refractivity contribution in [3.05, 3.63) is 70.8 Å². The molecule has 0 spiro atoms. The van der Waals surface area contributed by atoms with Crippen molar-refractivity contribution in [2.24, 2.45) is 0 Å². The van der Waals surface area contributed by atoms with Gasteiger partial charge >= 0.3 is 0 Å². The first-order valence-electron chi connectivity index (χ1n) is 7.86. The first-order valence-corrected chi connectivity index (χ1v) is 7.86. The molecular formula is C19H23ClN2O. The molecule has 23 heavy (non-hydrogen) atoms. The molecule has 0 saturated carbocycles. The molecule has 1 unspecified atom stereocenters. The highest BCUT2D eigenvalue weighted by atomic mass is 35.5. The number of aryl methyl sites for hydroxylation is 1. The van der Waals surface area contributed by atoms with Crippen LogP contribution in [0, 0.1) is 6.92 Å². The molecule has 1 heterocycles. The van der Waals surface area contributed by atoms with E-state index in [0.717, 1.165) is 19.4 Å². The third-order valence-corrected chi connectivity index (χ3v) is 4.19. The Labute approximate surface area is 143 Å². The molecule has 1 aliphatic rings. The van der Waals surface area contributed by atoms with Crippen LogP contribution in [0.1, 0.15) is 22.3 Å². The van der Waals surface area contributed by atoms with Crippen LogP contribution in [0.2, 0.25) is 0 Å². The molecule has 0 saturated heterocycles. The number of fused-ring (bicyclic) bond motifs is 1. The van der Waals surface area contributed by atoms with Crippen molar-refractivity contribution in [3.63, 3.8) is 0 Å². The van der Waals surface area contributed by atoms with Crippen molar-refractivity contribution in [1.29, 1.82) is 0 Å². The highest BCUT2D eigenvalue weighted by Crippen LogP contribution is 2.16. The van der Waals surface area contributed by atoms with Gasteiger partial charge in [-0.15, -0.1) is 12.4 Å². The summed E-state index contributed by atoms with van der Waals surface area (Å²) in [5, 5.41) is 6.37. The highest BCUT2D eigenvalue weighted by Gasteiger charge is 2.23. The molecule has 0 aromatic heterocycles. The number of carbonyl (C=O) groups excluding carboxylic acids is 1. The van der Waals surface area contributed by atoms with E-state index in [1.165, 1.54) is 22.3 Å². The van der Waals surface area contributed by atoms with Crippen LogP contribution in [0.3, 0.4) is 0 Å². The molecule has 1 aliphatic heterocycles. The number of carbonyl (C=O) groups is 1. The Morgan fingerprint density at radius 3 is 2.74 bits per heavy atom. The van der Waals surface area contributed by atoms with Crippen molar-refractivity contribution in [2.45, 2.75) is 32.4 Å². The molecular weight excluding hydrogens is 308 g/mol. The van der Waals surface area contributed by atoms with Gasteiger partial charge in [-0.1, -0.05) is 54.1 Å². The van der Waals surface area contributed by atoms with Crippen LogP contribution in [0.5, 0.6) is 0 Å². The van der Waals surface area contributed by atoms with Crippen molar-refractivity contribution >= 4 is 18.3 Å². The summed E-state index contributed by atoms with van der Waals surface area (Å²) >= 11 is 0. The monoisotopic (exact) mass is 330 g/mol. The molecule has 0 fully saturated rings. The number of benzene rings is 2. The molecule has 0 aliphatic carbocycles. The number of hydrogen-bond donors (Lipinski definition) is 2. The molecule has 4 heteroatoms. The van der Waals surface area contributed by atoms with E-state index in [1.54, 1.807) is 0 Å². The zero-order chi connectivity index (χ0) is 15.4. The average molecular weight is 331 g/mol. The molecule has 2 N–H and O–H groups in total. The van der Waals surface area contributed by atoms with E-state index in [9.17, 15) is 4.79 Å². The summed E-state index contributed by atoms with van der Waals surface area (Å²) in [6.07, 6.45) is 1.64. The summed E-state index contributed by atoms with van der Waals surface area (Å²) < 4.78 is 0. The minimum Gasteiger partial charge on any atom is -0.354 e. The van der Waals surface area contributed by atoms with Gasteiger partial charge in [0, 0.05) is 13.1 Å². The van der Waals surface area contributed by atoms with Gasteiger partial charge in [0.05, 0.1) is 6.04 Å². The fraction of sp³-hybridized carbons (Fsp3) is 0.316. The summed E-state index contributed by atoms with van der Waals surface area (Å²) in [4.78, 5) is 12.3. The maximum Gasteiger partial charge on any atom is 0.237 e. The predicted molar refractivity (Wildman–Crippen MR) is 95.9 cm³/mol. The summed E-state index contributed by atoms with van der Waals surface area (Å²) in [6, 6.07) is 16.6. The lowest BCUT2D eigenvalue weighted by Gasteiger charge is -2.25. The van der Waals surface area contributed by atoms with Gasteiger partial charge in [0.1, 0.15) is 0 Å². The van der Waals surface area contributed by atoms with Gasteiger partial charge in [-0.25, -0.2) is 0 Å². The Balaban J connectivity index is 0.00000192. The number of halogens is 1. The zero-order valence-electron chi connectivity index (χ0n) is 13.3. The SMILES string of the molecule is Cc1cccc(CCNC(=O)C2Cc3ccccc3CN2)c1.Cl. The molecule has 0 bridgehead atoms. The second-order valence-corrected chi connectivity index (χ2v) is 5.94. The van der Waals surface area contributed by atoms with E-state index in [0.29, 0.717) is 6.54 Å². The zero-order valence-corrected chi connectivity index (χ0v) is 14.2. The van der Waals surface area contributed by atoms with Crippen LogP contribution in [-0.2, 0) is 24.2 Å². The standard InChI is InChI=1S/C19H22N2O.ClH/c1-14-5-4-6-15(11-14)9-10-20-19(22)18-12-16-7-2-3-8-17(16)13-21-18;/h2-8,11,18,21H,9-10,12-13H2,1H3,(H,20,22);1H. The second kappa shape index (κ2) is 8.14. The number of nitrogens with one attached hydrogen (secondary N) is 2. The minimum absolute atomic E-state index is 0. The van der Waals surface area contributed by atoms with Crippen molar-refractivity contribution in [1.82, 2.24) is 10.6 Å². The van der Waals surface area contributed by atoms with Gasteiger partial charge < -0.3 is 10.6 Å². The minimum atomic E-state index is -0.118. The maximum atomic E-state index is 12.3. The third-order valence-electron chi connectivity index (χ3n) is 4.19. The third kappa shape index (κ3) is 4.57. The maximum absolute atomic E-state index is 12.3. The number of rotatable bonds is 4. The molecule has 122 valence electrons. The van der Waals surface area contributed by atoms with Crippen molar-refractivity contribution < 1.29 is 4.79 Å². The number of hydrogen-bond acceptors (Lipinski definition) is 2. The summed E-state index contributed by atoms with van der Waals surface area (Å²) in [5.41, 5.74) is 5.10. The Morgan fingerprint density at radius 1 is 1.17 bits per heavy atom. The average Bonchev–Trinajstić information content (AvgIpc) is 2.54. The quantitative estimate of drug-likeness (QED) is 0.905. The molecule has 1 amide bonds. The topological polar surface area (TPSA) is 41.1 Å². The molecule has 2 aromatic rings. The predicted octanol–water partition coefficient (Wildman–Crippen LogP) is 2.79. The summed E-state index contributed by atoms with van der Waals surface area (Å²) in [5.74, 6) is 0.0992. The van der Waals surface area contributed by atoms with Gasteiger partial charge in [-0.05, 0) is 36.5 Å². The first-order chi connectivity index (χ1) is 10.7. The fourth-order valence-electron chi connectivity index (χ4n) is 2.96. The van der Waals surface area contributed by atoms with E-state index in [-0.39, 0.29) is 24.4 Å². The smallest absolute Gasteiger partial charge is 0.237 e. The lowest BCUT2D eigenvalue weighted by atomic mass is 9.95. The van der Waals surface area contributed by atoms with Crippen LogP contribution in [0.25, 0.3) is 0 Å². The van der Waals surface area contributed by atoms with Crippen LogP contribution in [0.15, 0.2) is 48.5 Å². The van der Waals surface area contributed by atoms with Crippen molar-refractivity contribution in [3.8, 4) is 0 Å².